The van der Waals surface area contributed by atoms with E-state index in [1.807, 2.05) is 30.3 Å². The Morgan fingerprint density at radius 1 is 0.192 bits per heavy atom. The topological polar surface area (TPSA) is 43.6 Å². The number of para-hydroxylation sites is 1. The van der Waals surface area contributed by atoms with E-state index in [0.29, 0.717) is 17.5 Å². The quantitative estimate of drug-likeness (QED) is 0.137. The first-order valence-electron chi connectivity index (χ1n) is 24.7. The summed E-state index contributed by atoms with van der Waals surface area (Å²) in [6, 6.07) is 99.1. The van der Waals surface area contributed by atoms with Crippen LogP contribution in [-0.2, 0) is 0 Å². The summed E-state index contributed by atoms with van der Waals surface area (Å²) in [7, 11) is 0. The molecule has 0 aliphatic rings. The fraction of sp³-hybridized carbons (Fsp3) is 0. The van der Waals surface area contributed by atoms with Gasteiger partial charge in [-0.25, -0.2) is 15.0 Å². The molecule has 13 rings (SSSR count). The van der Waals surface area contributed by atoms with Crippen molar-refractivity contribution >= 4 is 21.8 Å². The van der Waals surface area contributed by atoms with Crippen LogP contribution >= 0.6 is 0 Å². The SMILES string of the molecule is c1ccc(-c2cccc(-c3cccc(-c4ccc(-c5nc(-c6ccccc6)nc(-c6ccc(-c7cccc(-c8ccc9c%10ccccc%10n(-c%10cccc(-c%11ccccc%11)c%10)c9c8)c7)cc6)n5)cc4)c3)c2)cc1. The van der Waals surface area contributed by atoms with E-state index in [0.717, 1.165) is 55.8 Å². The zero-order chi connectivity index (χ0) is 48.5. The highest BCUT2D eigenvalue weighted by molar-refractivity contribution is 6.10. The van der Waals surface area contributed by atoms with Gasteiger partial charge in [0.1, 0.15) is 0 Å². The normalized spacial score (nSPS) is 11.3. The number of hydrogen-bond donors (Lipinski definition) is 0. The van der Waals surface area contributed by atoms with Gasteiger partial charge < -0.3 is 4.57 Å². The molecule has 0 spiro atoms. The number of nitrogens with zero attached hydrogens (tertiary/aromatic N) is 4. The molecule has 4 heteroatoms. The summed E-state index contributed by atoms with van der Waals surface area (Å²) >= 11 is 0. The molecule has 0 aliphatic heterocycles. The molecular weight excluding hydrogens is 885 g/mol. The standard InChI is InChI=1S/C69H46N4/c1-4-16-47(17-5-1)54-22-12-25-57(42-54)58-26-13-23-55(43-58)49-32-36-52(37-33-49)68-70-67(51-20-8-3-9-21-51)71-69(72-68)53-38-34-50(35-39-53)56-24-14-27-59(44-56)61-40-41-64-63-30-10-11-31-65(63)73(66(64)46-61)62-29-15-28-60(45-62)48-18-6-2-7-19-48/h1-46H. The lowest BCUT2D eigenvalue weighted by molar-refractivity contribution is 1.07. The van der Waals surface area contributed by atoms with Crippen LogP contribution in [0.5, 0.6) is 0 Å². The molecule has 0 radical (unpaired) electrons. The molecule has 0 bridgehead atoms. The van der Waals surface area contributed by atoms with E-state index in [1.165, 1.54) is 55.2 Å². The van der Waals surface area contributed by atoms with Crippen molar-refractivity contribution in [3.05, 3.63) is 279 Å². The molecule has 13 aromatic rings. The van der Waals surface area contributed by atoms with E-state index in [1.54, 1.807) is 0 Å². The highest BCUT2D eigenvalue weighted by atomic mass is 15.0. The number of benzene rings is 11. The van der Waals surface area contributed by atoms with Crippen LogP contribution in [-0.4, -0.2) is 19.5 Å². The third kappa shape index (κ3) is 8.58. The van der Waals surface area contributed by atoms with Crippen molar-refractivity contribution < 1.29 is 0 Å². The van der Waals surface area contributed by atoms with Gasteiger partial charge in [0.15, 0.2) is 17.5 Å². The van der Waals surface area contributed by atoms with Gasteiger partial charge in [-0.2, -0.15) is 0 Å². The van der Waals surface area contributed by atoms with E-state index >= 15 is 0 Å². The molecular formula is C69H46N4. The minimum atomic E-state index is 0.622. The zero-order valence-electron chi connectivity index (χ0n) is 39.8. The van der Waals surface area contributed by atoms with E-state index in [-0.39, 0.29) is 0 Å². The zero-order valence-corrected chi connectivity index (χ0v) is 39.8. The molecule has 2 aromatic heterocycles. The average molecular weight is 931 g/mol. The Balaban J connectivity index is 0.802. The Kier molecular flexibility index (Phi) is 11.2. The lowest BCUT2D eigenvalue weighted by atomic mass is 9.96. The van der Waals surface area contributed by atoms with Gasteiger partial charge in [0, 0.05) is 33.2 Å². The van der Waals surface area contributed by atoms with Crippen LogP contribution < -0.4 is 0 Å². The average Bonchev–Trinajstić information content (AvgIpc) is 3.82. The van der Waals surface area contributed by atoms with Gasteiger partial charge in [0.05, 0.1) is 11.0 Å². The van der Waals surface area contributed by atoms with Gasteiger partial charge in [-0.05, 0) is 109 Å². The first-order valence-corrected chi connectivity index (χ1v) is 24.7. The molecule has 0 saturated heterocycles. The highest BCUT2D eigenvalue weighted by Gasteiger charge is 2.16. The van der Waals surface area contributed by atoms with E-state index in [2.05, 4.69) is 253 Å². The fourth-order valence-corrected chi connectivity index (χ4v) is 10.1. The van der Waals surface area contributed by atoms with Gasteiger partial charge in [0.25, 0.3) is 0 Å². The second kappa shape index (κ2) is 18.9. The van der Waals surface area contributed by atoms with Crippen LogP contribution in [0.1, 0.15) is 0 Å². The van der Waals surface area contributed by atoms with Crippen molar-refractivity contribution in [3.8, 4) is 107 Å². The number of fused-ring (bicyclic) bond motifs is 3. The van der Waals surface area contributed by atoms with Crippen LogP contribution in [0.4, 0.5) is 0 Å². The molecule has 0 aliphatic carbocycles. The third-order valence-electron chi connectivity index (χ3n) is 13.9. The summed E-state index contributed by atoms with van der Waals surface area (Å²) < 4.78 is 2.40. The van der Waals surface area contributed by atoms with Crippen molar-refractivity contribution in [2.75, 3.05) is 0 Å². The minimum Gasteiger partial charge on any atom is -0.309 e. The van der Waals surface area contributed by atoms with Gasteiger partial charge in [-0.15, -0.1) is 0 Å². The van der Waals surface area contributed by atoms with Crippen molar-refractivity contribution in [3.63, 3.8) is 0 Å². The van der Waals surface area contributed by atoms with Crippen molar-refractivity contribution in [2.24, 2.45) is 0 Å². The van der Waals surface area contributed by atoms with Gasteiger partial charge in [-0.3, -0.25) is 0 Å². The smallest absolute Gasteiger partial charge is 0.164 e. The second-order valence-electron chi connectivity index (χ2n) is 18.4. The number of aromatic nitrogens is 4. The third-order valence-corrected chi connectivity index (χ3v) is 13.9. The van der Waals surface area contributed by atoms with Crippen molar-refractivity contribution in [2.45, 2.75) is 0 Å². The van der Waals surface area contributed by atoms with Crippen LogP contribution in [0.2, 0.25) is 0 Å². The minimum absolute atomic E-state index is 0.622. The number of rotatable bonds is 10. The summed E-state index contributed by atoms with van der Waals surface area (Å²) in [5, 5.41) is 2.47. The largest absolute Gasteiger partial charge is 0.309 e. The first-order chi connectivity index (χ1) is 36.1. The summed E-state index contributed by atoms with van der Waals surface area (Å²) in [6.45, 7) is 0. The monoisotopic (exact) mass is 930 g/mol. The van der Waals surface area contributed by atoms with Crippen LogP contribution in [0.3, 0.4) is 0 Å². The molecule has 342 valence electrons. The predicted octanol–water partition coefficient (Wildman–Crippen LogP) is 18.0. The molecule has 0 amide bonds. The van der Waals surface area contributed by atoms with Gasteiger partial charge in [-0.1, -0.05) is 237 Å². The van der Waals surface area contributed by atoms with E-state index in [9.17, 15) is 0 Å². The molecule has 4 nitrogen and oxygen atoms in total. The summed E-state index contributed by atoms with van der Waals surface area (Å²) in [5.41, 5.74) is 20.3. The van der Waals surface area contributed by atoms with E-state index < -0.39 is 0 Å². The molecule has 0 atom stereocenters. The molecule has 11 aromatic carbocycles. The lowest BCUT2D eigenvalue weighted by Crippen LogP contribution is -2.00. The van der Waals surface area contributed by atoms with Gasteiger partial charge in [0.2, 0.25) is 0 Å². The second-order valence-corrected chi connectivity index (χ2v) is 18.4. The summed E-state index contributed by atoms with van der Waals surface area (Å²) in [6.07, 6.45) is 0. The maximum absolute atomic E-state index is 5.11. The van der Waals surface area contributed by atoms with Crippen molar-refractivity contribution in [1.29, 1.82) is 0 Å². The lowest BCUT2D eigenvalue weighted by Gasteiger charge is -2.12. The molecule has 2 heterocycles. The summed E-state index contributed by atoms with van der Waals surface area (Å²) in [4.78, 5) is 15.2. The predicted molar refractivity (Wildman–Crippen MR) is 303 cm³/mol. The maximum Gasteiger partial charge on any atom is 0.164 e. The Bertz CT molecular complexity index is 4110. The molecule has 0 fully saturated rings. The van der Waals surface area contributed by atoms with Crippen LogP contribution in [0.25, 0.3) is 128 Å². The Hall–Kier alpha value is -9.77. The Labute approximate surface area is 424 Å². The Morgan fingerprint density at radius 2 is 0.493 bits per heavy atom. The van der Waals surface area contributed by atoms with E-state index in [4.69, 9.17) is 15.0 Å². The summed E-state index contributed by atoms with van der Waals surface area (Å²) in [5.74, 6) is 1.88. The Morgan fingerprint density at radius 3 is 0.973 bits per heavy atom. The highest BCUT2D eigenvalue weighted by Crippen LogP contribution is 2.38. The van der Waals surface area contributed by atoms with Gasteiger partial charge >= 0.3 is 0 Å². The molecule has 0 saturated carbocycles. The maximum atomic E-state index is 5.11. The molecule has 0 unspecified atom stereocenters. The van der Waals surface area contributed by atoms with Crippen LogP contribution in [0, 0.1) is 0 Å². The van der Waals surface area contributed by atoms with Crippen molar-refractivity contribution in [1.82, 2.24) is 19.5 Å². The fourth-order valence-electron chi connectivity index (χ4n) is 10.1. The van der Waals surface area contributed by atoms with Crippen LogP contribution in [0.15, 0.2) is 279 Å². The number of hydrogen-bond acceptors (Lipinski definition) is 3. The first kappa shape index (κ1) is 43.3. The molecule has 73 heavy (non-hydrogen) atoms. The molecule has 0 N–H and O–H groups in total.